The molecule has 10 heteroatoms. The fourth-order valence-corrected chi connectivity index (χ4v) is 4.60. The largest absolute Gasteiger partial charge is 0.495 e. The number of carbonyl (C=O) groups excluding carboxylic acids is 2. The highest BCUT2D eigenvalue weighted by Gasteiger charge is 2.26. The second-order valence-electron chi connectivity index (χ2n) is 6.68. The maximum atomic E-state index is 13.0. The first kappa shape index (κ1) is 25.2. The van der Waals surface area contributed by atoms with Crippen LogP contribution in [0.2, 0.25) is 0 Å². The molecule has 2 N–H and O–H groups in total. The number of likely N-dealkylation sites (N-methyl/N-ethyl adjacent to an activating group) is 1. The molecule has 0 aliphatic carbocycles. The van der Waals surface area contributed by atoms with Crippen LogP contribution in [-0.4, -0.2) is 57.9 Å². The van der Waals surface area contributed by atoms with Crippen molar-refractivity contribution in [2.24, 2.45) is 0 Å². The van der Waals surface area contributed by atoms with Gasteiger partial charge in [0.15, 0.2) is 6.61 Å². The third-order valence-corrected chi connectivity index (χ3v) is 6.68. The lowest BCUT2D eigenvalue weighted by Gasteiger charge is -2.20. The van der Waals surface area contributed by atoms with Crippen LogP contribution in [0.4, 0.5) is 5.69 Å². The van der Waals surface area contributed by atoms with E-state index in [0.717, 1.165) is 0 Å². The number of amides is 2. The number of rotatable bonds is 11. The average Bonchev–Trinajstić information content (AvgIpc) is 2.79. The van der Waals surface area contributed by atoms with Crippen molar-refractivity contribution in [3.05, 3.63) is 48.0 Å². The maximum absolute atomic E-state index is 13.0. The highest BCUT2D eigenvalue weighted by Crippen LogP contribution is 2.28. The van der Waals surface area contributed by atoms with E-state index in [4.69, 9.17) is 9.47 Å². The molecule has 0 fully saturated rings. The second-order valence-corrected chi connectivity index (χ2v) is 8.58. The zero-order chi connectivity index (χ0) is 23.7. The Morgan fingerprint density at radius 1 is 1.00 bits per heavy atom. The summed E-state index contributed by atoms with van der Waals surface area (Å²) >= 11 is 0. The summed E-state index contributed by atoms with van der Waals surface area (Å²) in [4.78, 5) is 24.1. The third kappa shape index (κ3) is 6.21. The van der Waals surface area contributed by atoms with Crippen LogP contribution in [0.1, 0.15) is 31.1 Å². The molecular formula is C22H29N3O6S. The molecule has 2 aromatic carbocycles. The van der Waals surface area contributed by atoms with E-state index in [-0.39, 0.29) is 28.7 Å². The number of hydrogen-bond donors (Lipinski definition) is 2. The number of hydrogen-bond acceptors (Lipinski definition) is 6. The van der Waals surface area contributed by atoms with Gasteiger partial charge < -0.3 is 20.1 Å². The van der Waals surface area contributed by atoms with Gasteiger partial charge in [0.1, 0.15) is 16.4 Å². The van der Waals surface area contributed by atoms with E-state index in [2.05, 4.69) is 10.6 Å². The van der Waals surface area contributed by atoms with E-state index in [1.165, 1.54) is 29.6 Å². The van der Waals surface area contributed by atoms with Gasteiger partial charge >= 0.3 is 0 Å². The number of benzene rings is 2. The Balaban J connectivity index is 2.17. The van der Waals surface area contributed by atoms with Gasteiger partial charge in [0, 0.05) is 30.9 Å². The molecule has 0 aromatic heterocycles. The summed E-state index contributed by atoms with van der Waals surface area (Å²) in [6.07, 6.45) is 0. The van der Waals surface area contributed by atoms with Crippen molar-refractivity contribution in [1.29, 1.82) is 0 Å². The lowest BCUT2D eigenvalue weighted by Crippen LogP contribution is -2.31. The number of nitrogens with one attached hydrogen (secondary N) is 2. The molecule has 0 aliphatic heterocycles. The average molecular weight is 464 g/mol. The highest BCUT2D eigenvalue weighted by atomic mass is 32.2. The van der Waals surface area contributed by atoms with Crippen LogP contribution < -0.4 is 20.1 Å². The maximum Gasteiger partial charge on any atom is 0.257 e. The van der Waals surface area contributed by atoms with Crippen LogP contribution in [0.25, 0.3) is 0 Å². The summed E-state index contributed by atoms with van der Waals surface area (Å²) in [5, 5.41) is 5.35. The van der Waals surface area contributed by atoms with Gasteiger partial charge in [-0.15, -0.1) is 0 Å². The first-order valence-electron chi connectivity index (χ1n) is 10.3. The van der Waals surface area contributed by atoms with Gasteiger partial charge in [-0.3, -0.25) is 9.59 Å². The lowest BCUT2D eigenvalue weighted by molar-refractivity contribution is -0.122. The summed E-state index contributed by atoms with van der Waals surface area (Å²) < 4.78 is 37.8. The molecule has 0 atom stereocenters. The first-order chi connectivity index (χ1) is 15.3. The molecule has 0 unspecified atom stereocenters. The molecule has 2 rings (SSSR count). The number of methoxy groups -OCH3 is 1. The summed E-state index contributed by atoms with van der Waals surface area (Å²) in [5.74, 6) is -0.0483. The molecule has 0 radical (unpaired) electrons. The number of sulfonamides is 1. The Morgan fingerprint density at radius 2 is 1.66 bits per heavy atom. The Bertz CT molecular complexity index is 1030. The minimum absolute atomic E-state index is 0.0644. The molecule has 0 aliphatic rings. The van der Waals surface area contributed by atoms with Crippen LogP contribution in [0.5, 0.6) is 11.5 Å². The SMILES string of the molecule is CCNC(=O)COc1ccc(NC(=O)c2ccc(OC)c(S(=O)(=O)N(CC)CC)c2)cc1. The quantitative estimate of drug-likeness (QED) is 0.529. The summed E-state index contributed by atoms with van der Waals surface area (Å²) in [5.41, 5.74) is 0.664. The molecule has 0 saturated heterocycles. The number of anilines is 1. The minimum Gasteiger partial charge on any atom is -0.495 e. The van der Waals surface area contributed by atoms with E-state index < -0.39 is 15.9 Å². The number of nitrogens with zero attached hydrogens (tertiary/aromatic N) is 1. The number of ether oxygens (including phenoxy) is 2. The van der Waals surface area contributed by atoms with Gasteiger partial charge in [-0.2, -0.15) is 4.31 Å². The van der Waals surface area contributed by atoms with Crippen molar-refractivity contribution in [2.75, 3.05) is 38.7 Å². The molecule has 0 bridgehead atoms. The smallest absolute Gasteiger partial charge is 0.257 e. The molecule has 2 aromatic rings. The molecule has 0 spiro atoms. The Kier molecular flexibility index (Phi) is 9.03. The van der Waals surface area contributed by atoms with Gasteiger partial charge in [0.05, 0.1) is 7.11 Å². The zero-order valence-corrected chi connectivity index (χ0v) is 19.5. The van der Waals surface area contributed by atoms with E-state index >= 15 is 0 Å². The van der Waals surface area contributed by atoms with E-state index in [9.17, 15) is 18.0 Å². The standard InChI is InChI=1S/C22H29N3O6S/c1-5-23-21(26)15-31-18-11-9-17(10-12-18)24-22(27)16-8-13-19(30-4)20(14-16)32(28,29)25(6-2)7-3/h8-14H,5-7,15H2,1-4H3,(H,23,26)(H,24,27). The van der Waals surface area contributed by atoms with E-state index in [1.807, 2.05) is 6.92 Å². The van der Waals surface area contributed by atoms with Crippen LogP contribution in [0.3, 0.4) is 0 Å². The van der Waals surface area contributed by atoms with Crippen molar-refractivity contribution >= 4 is 27.5 Å². The van der Waals surface area contributed by atoms with Gasteiger partial charge in [0.2, 0.25) is 10.0 Å². The minimum atomic E-state index is -3.82. The Labute approximate surface area is 188 Å². The molecule has 32 heavy (non-hydrogen) atoms. The fourth-order valence-electron chi connectivity index (χ4n) is 2.96. The van der Waals surface area contributed by atoms with Crippen LogP contribution in [0.15, 0.2) is 47.4 Å². The van der Waals surface area contributed by atoms with Crippen LogP contribution >= 0.6 is 0 Å². The van der Waals surface area contributed by atoms with Crippen molar-refractivity contribution in [3.8, 4) is 11.5 Å². The molecule has 9 nitrogen and oxygen atoms in total. The highest BCUT2D eigenvalue weighted by molar-refractivity contribution is 7.89. The van der Waals surface area contributed by atoms with Crippen molar-refractivity contribution in [1.82, 2.24) is 9.62 Å². The topological polar surface area (TPSA) is 114 Å². The van der Waals surface area contributed by atoms with E-state index in [1.54, 1.807) is 38.1 Å². The first-order valence-corrected chi connectivity index (χ1v) is 11.7. The second kappa shape index (κ2) is 11.5. The Morgan fingerprint density at radius 3 is 2.22 bits per heavy atom. The van der Waals surface area contributed by atoms with E-state index in [0.29, 0.717) is 31.1 Å². The van der Waals surface area contributed by atoms with Crippen molar-refractivity contribution in [3.63, 3.8) is 0 Å². The van der Waals surface area contributed by atoms with Crippen LogP contribution in [-0.2, 0) is 14.8 Å². The fraction of sp³-hybridized carbons (Fsp3) is 0.364. The molecule has 174 valence electrons. The van der Waals surface area contributed by atoms with Crippen molar-refractivity contribution < 1.29 is 27.5 Å². The summed E-state index contributed by atoms with van der Waals surface area (Å²) in [6.45, 7) is 6.33. The van der Waals surface area contributed by atoms with Crippen LogP contribution in [0, 0.1) is 0 Å². The molecule has 0 heterocycles. The predicted octanol–water partition coefficient (Wildman–Crippen LogP) is 2.49. The zero-order valence-electron chi connectivity index (χ0n) is 18.7. The van der Waals surface area contributed by atoms with Crippen molar-refractivity contribution in [2.45, 2.75) is 25.7 Å². The summed E-state index contributed by atoms with van der Waals surface area (Å²) in [6, 6.07) is 10.8. The molecular weight excluding hydrogens is 434 g/mol. The monoisotopic (exact) mass is 463 g/mol. The number of carbonyl (C=O) groups is 2. The predicted molar refractivity (Wildman–Crippen MR) is 122 cm³/mol. The lowest BCUT2D eigenvalue weighted by atomic mass is 10.2. The molecule has 0 saturated carbocycles. The third-order valence-electron chi connectivity index (χ3n) is 4.61. The van der Waals surface area contributed by atoms with Gasteiger partial charge in [-0.1, -0.05) is 13.8 Å². The normalized spacial score (nSPS) is 11.2. The molecule has 2 amide bonds. The van der Waals surface area contributed by atoms with Gasteiger partial charge in [-0.05, 0) is 49.4 Å². The van der Waals surface area contributed by atoms with Gasteiger partial charge in [0.25, 0.3) is 11.8 Å². The summed E-state index contributed by atoms with van der Waals surface area (Å²) in [7, 11) is -2.44. The Hall–Kier alpha value is -3.11. The van der Waals surface area contributed by atoms with Gasteiger partial charge in [-0.25, -0.2) is 8.42 Å².